The Morgan fingerprint density at radius 3 is 2.67 bits per heavy atom. The van der Waals surface area contributed by atoms with Crippen LogP contribution in [0, 0.1) is 0 Å². The lowest BCUT2D eigenvalue weighted by molar-refractivity contribution is -0.118. The highest BCUT2D eigenvalue weighted by Gasteiger charge is 2.11. The highest BCUT2D eigenvalue weighted by Crippen LogP contribution is 2.24. The largest absolute Gasteiger partial charge is 0.491 e. The molecule has 27 heavy (non-hydrogen) atoms. The van der Waals surface area contributed by atoms with Gasteiger partial charge >= 0.3 is 0 Å². The molecular weight excluding hydrogens is 348 g/mol. The van der Waals surface area contributed by atoms with E-state index in [-0.39, 0.29) is 30.9 Å². The van der Waals surface area contributed by atoms with Crippen molar-refractivity contribution in [1.29, 1.82) is 0 Å². The fraction of sp³-hybridized carbons (Fsp3) is 0.158. The third kappa shape index (κ3) is 4.49. The van der Waals surface area contributed by atoms with Crippen molar-refractivity contribution >= 4 is 28.4 Å². The summed E-state index contributed by atoms with van der Waals surface area (Å²) in [4.78, 5) is 35.2. The molecule has 138 valence electrons. The molecule has 1 aromatic heterocycles. The van der Waals surface area contributed by atoms with Crippen LogP contribution in [0.2, 0.25) is 0 Å². The monoisotopic (exact) mass is 366 g/mol. The van der Waals surface area contributed by atoms with Gasteiger partial charge in [-0.15, -0.1) is 0 Å². The lowest BCUT2D eigenvalue weighted by atomic mass is 10.2. The normalized spacial score (nSPS) is 10.5. The molecule has 3 aromatic rings. The Labute approximate surface area is 154 Å². The average Bonchev–Trinajstić information content (AvgIpc) is 2.65. The highest BCUT2D eigenvalue weighted by atomic mass is 16.5. The number of nitrogens with two attached hydrogens (primary N) is 1. The first-order valence-corrected chi connectivity index (χ1v) is 8.29. The predicted octanol–water partition coefficient (Wildman–Crippen LogP) is 1.29. The molecule has 0 unspecified atom stereocenters. The maximum atomic E-state index is 12.5. The fourth-order valence-corrected chi connectivity index (χ4v) is 2.57. The molecule has 0 aliphatic rings. The number of nitrogens with one attached hydrogen (secondary N) is 1. The second-order valence-electron chi connectivity index (χ2n) is 5.79. The standard InChI is InChI=1S/C19H18N4O4/c20-18(25)9-10-27-17-8-4-2-6-14(17)22-19(26)12-23-15-7-3-1-5-13(15)16(24)11-21-23/h1-8,11H,9-10,12H2,(H2,20,25)(H,22,26). The molecule has 0 radical (unpaired) electrons. The topological polar surface area (TPSA) is 116 Å². The number of aromatic nitrogens is 2. The number of hydrogen-bond donors (Lipinski definition) is 2. The minimum absolute atomic E-state index is 0.0730. The van der Waals surface area contributed by atoms with Gasteiger partial charge < -0.3 is 15.8 Å². The van der Waals surface area contributed by atoms with Gasteiger partial charge in [-0.1, -0.05) is 24.3 Å². The van der Waals surface area contributed by atoms with Gasteiger partial charge in [-0.3, -0.25) is 19.1 Å². The second-order valence-corrected chi connectivity index (χ2v) is 5.79. The summed E-state index contributed by atoms with van der Waals surface area (Å²) in [7, 11) is 0. The quantitative estimate of drug-likeness (QED) is 0.653. The molecule has 0 spiro atoms. The predicted molar refractivity (Wildman–Crippen MR) is 100 cm³/mol. The summed E-state index contributed by atoms with van der Waals surface area (Å²) >= 11 is 0. The minimum atomic E-state index is -0.465. The van der Waals surface area contributed by atoms with Crippen molar-refractivity contribution in [3.63, 3.8) is 0 Å². The number of benzene rings is 2. The van der Waals surface area contributed by atoms with Crippen LogP contribution in [0.1, 0.15) is 6.42 Å². The van der Waals surface area contributed by atoms with E-state index in [0.29, 0.717) is 22.3 Å². The lowest BCUT2D eigenvalue weighted by Crippen LogP contribution is -2.23. The zero-order chi connectivity index (χ0) is 19.2. The van der Waals surface area contributed by atoms with Crippen LogP contribution in [0.4, 0.5) is 5.69 Å². The summed E-state index contributed by atoms with van der Waals surface area (Å²) in [5.74, 6) is -0.361. The van der Waals surface area contributed by atoms with E-state index in [9.17, 15) is 14.4 Å². The van der Waals surface area contributed by atoms with Gasteiger partial charge in [0.05, 0.1) is 30.4 Å². The molecule has 0 atom stereocenters. The molecule has 0 saturated heterocycles. The maximum Gasteiger partial charge on any atom is 0.246 e. The molecule has 0 saturated carbocycles. The Bertz CT molecular complexity index is 1050. The number of primary amides is 1. The Morgan fingerprint density at radius 2 is 1.85 bits per heavy atom. The van der Waals surface area contributed by atoms with Gasteiger partial charge in [0.1, 0.15) is 12.3 Å². The van der Waals surface area contributed by atoms with Gasteiger partial charge in [0.2, 0.25) is 17.2 Å². The van der Waals surface area contributed by atoms with Crippen LogP contribution in [0.15, 0.2) is 59.5 Å². The SMILES string of the molecule is NC(=O)CCOc1ccccc1NC(=O)Cn1ncc(=O)c2ccccc21. The van der Waals surface area contributed by atoms with Gasteiger partial charge in [-0.05, 0) is 24.3 Å². The summed E-state index contributed by atoms with van der Waals surface area (Å²) in [6, 6.07) is 13.8. The Kier molecular flexibility index (Phi) is 5.46. The van der Waals surface area contributed by atoms with E-state index in [1.165, 1.54) is 10.9 Å². The van der Waals surface area contributed by atoms with Crippen LogP contribution in [-0.2, 0) is 16.1 Å². The number of fused-ring (bicyclic) bond motifs is 1. The molecule has 0 fully saturated rings. The van der Waals surface area contributed by atoms with Gasteiger partial charge in [0.15, 0.2) is 0 Å². The Balaban J connectivity index is 1.75. The van der Waals surface area contributed by atoms with Crippen LogP contribution in [0.5, 0.6) is 5.75 Å². The molecule has 2 amide bonds. The van der Waals surface area contributed by atoms with E-state index in [1.54, 1.807) is 48.5 Å². The van der Waals surface area contributed by atoms with Crippen molar-refractivity contribution in [1.82, 2.24) is 9.78 Å². The van der Waals surface area contributed by atoms with Gasteiger partial charge in [0, 0.05) is 5.39 Å². The molecule has 1 heterocycles. The van der Waals surface area contributed by atoms with Gasteiger partial charge in [0.25, 0.3) is 0 Å². The third-order valence-corrected chi connectivity index (χ3v) is 3.82. The molecule has 3 N–H and O–H groups in total. The molecule has 2 aromatic carbocycles. The minimum Gasteiger partial charge on any atom is -0.491 e. The maximum absolute atomic E-state index is 12.5. The lowest BCUT2D eigenvalue weighted by Gasteiger charge is -2.13. The van der Waals surface area contributed by atoms with Gasteiger partial charge in [-0.25, -0.2) is 0 Å². The summed E-state index contributed by atoms with van der Waals surface area (Å²) in [6.07, 6.45) is 1.27. The van der Waals surface area contributed by atoms with Crippen LogP contribution in [0.3, 0.4) is 0 Å². The van der Waals surface area contributed by atoms with Crippen molar-refractivity contribution in [2.24, 2.45) is 5.73 Å². The molecule has 8 nitrogen and oxygen atoms in total. The Hall–Kier alpha value is -3.68. The molecule has 0 aliphatic heterocycles. The highest BCUT2D eigenvalue weighted by molar-refractivity contribution is 5.93. The fourth-order valence-electron chi connectivity index (χ4n) is 2.57. The van der Waals surface area contributed by atoms with E-state index in [4.69, 9.17) is 10.5 Å². The summed E-state index contributed by atoms with van der Waals surface area (Å²) in [5, 5.41) is 7.29. The smallest absolute Gasteiger partial charge is 0.246 e. The Morgan fingerprint density at radius 1 is 1.11 bits per heavy atom. The zero-order valence-corrected chi connectivity index (χ0v) is 14.4. The average molecular weight is 366 g/mol. The van der Waals surface area contributed by atoms with Crippen molar-refractivity contribution < 1.29 is 14.3 Å². The number of carbonyl (C=O) groups is 2. The van der Waals surface area contributed by atoms with E-state index in [0.717, 1.165) is 0 Å². The van der Waals surface area contributed by atoms with Crippen molar-refractivity contribution in [2.45, 2.75) is 13.0 Å². The number of ether oxygens (including phenoxy) is 1. The second kappa shape index (κ2) is 8.13. The van der Waals surface area contributed by atoms with E-state index >= 15 is 0 Å². The zero-order valence-electron chi connectivity index (χ0n) is 14.4. The van der Waals surface area contributed by atoms with Crippen molar-refractivity contribution in [2.75, 3.05) is 11.9 Å². The number of nitrogens with zero attached hydrogens (tertiary/aromatic N) is 2. The van der Waals surface area contributed by atoms with Gasteiger partial charge in [-0.2, -0.15) is 5.10 Å². The first-order valence-electron chi connectivity index (χ1n) is 8.29. The molecule has 0 bridgehead atoms. The van der Waals surface area contributed by atoms with E-state index in [1.807, 2.05) is 0 Å². The van der Waals surface area contributed by atoms with E-state index < -0.39 is 5.91 Å². The number of rotatable bonds is 7. The number of amides is 2. The molecule has 0 aliphatic carbocycles. The summed E-state index contributed by atoms with van der Waals surface area (Å²) < 4.78 is 6.97. The third-order valence-electron chi connectivity index (χ3n) is 3.82. The molecular formula is C19H18N4O4. The first-order chi connectivity index (χ1) is 13.0. The van der Waals surface area contributed by atoms with Crippen LogP contribution in [-0.4, -0.2) is 28.2 Å². The van der Waals surface area contributed by atoms with E-state index in [2.05, 4.69) is 10.4 Å². The van der Waals surface area contributed by atoms with Crippen LogP contribution < -0.4 is 21.2 Å². The van der Waals surface area contributed by atoms with Crippen molar-refractivity contribution in [3.05, 3.63) is 65.0 Å². The van der Waals surface area contributed by atoms with Crippen LogP contribution >= 0.6 is 0 Å². The number of carbonyl (C=O) groups excluding carboxylic acids is 2. The number of para-hydroxylation sites is 3. The number of anilines is 1. The van der Waals surface area contributed by atoms with Crippen molar-refractivity contribution in [3.8, 4) is 5.75 Å². The van der Waals surface area contributed by atoms with Crippen LogP contribution in [0.25, 0.3) is 10.9 Å². The summed E-state index contributed by atoms with van der Waals surface area (Å²) in [6.45, 7) is 0.0462. The first kappa shape index (κ1) is 18.1. The molecule has 3 rings (SSSR count). The summed E-state index contributed by atoms with van der Waals surface area (Å²) in [5.41, 5.74) is 5.94. The number of hydrogen-bond acceptors (Lipinski definition) is 5. The molecule has 8 heteroatoms.